The standard InChI is InChI=1S/C16H13NO2S/c1-11-7-9-13(10-8-11)17-16(19)14(18)15(20-17)12-5-3-2-4-6-12/h2-10,18H,1H3. The minimum absolute atomic E-state index is 0.193. The predicted octanol–water partition coefficient (Wildman–Crippen LogP) is 3.58. The van der Waals surface area contributed by atoms with Gasteiger partial charge in [-0.3, -0.25) is 4.79 Å². The van der Waals surface area contributed by atoms with Gasteiger partial charge >= 0.3 is 5.56 Å². The molecule has 20 heavy (non-hydrogen) atoms. The molecule has 1 heterocycles. The molecule has 0 fully saturated rings. The zero-order valence-corrected chi connectivity index (χ0v) is 11.7. The van der Waals surface area contributed by atoms with E-state index in [0.29, 0.717) is 4.88 Å². The second kappa shape index (κ2) is 4.98. The average Bonchev–Trinajstić information content (AvgIpc) is 2.77. The Balaban J connectivity index is 2.16. The van der Waals surface area contributed by atoms with Crippen molar-refractivity contribution in [2.24, 2.45) is 0 Å². The van der Waals surface area contributed by atoms with Crippen LogP contribution in [0.5, 0.6) is 5.75 Å². The smallest absolute Gasteiger partial charge is 0.308 e. The summed E-state index contributed by atoms with van der Waals surface area (Å²) in [6.45, 7) is 1.99. The molecular formula is C16H13NO2S. The third kappa shape index (κ3) is 2.14. The summed E-state index contributed by atoms with van der Waals surface area (Å²) in [4.78, 5) is 12.8. The molecule has 2 aromatic carbocycles. The van der Waals surface area contributed by atoms with Crippen molar-refractivity contribution in [2.75, 3.05) is 0 Å². The Labute approximate surface area is 120 Å². The quantitative estimate of drug-likeness (QED) is 0.781. The number of aryl methyl sites for hydroxylation is 1. The zero-order valence-electron chi connectivity index (χ0n) is 10.9. The fourth-order valence-electron chi connectivity index (χ4n) is 2.00. The molecule has 4 heteroatoms. The highest BCUT2D eigenvalue weighted by atomic mass is 32.1. The van der Waals surface area contributed by atoms with Gasteiger partial charge in [0.1, 0.15) is 0 Å². The molecule has 3 rings (SSSR count). The molecule has 1 N–H and O–H groups in total. The maximum atomic E-state index is 12.2. The zero-order chi connectivity index (χ0) is 14.1. The molecular weight excluding hydrogens is 270 g/mol. The van der Waals surface area contributed by atoms with Crippen molar-refractivity contribution < 1.29 is 5.11 Å². The van der Waals surface area contributed by atoms with Gasteiger partial charge in [-0.05, 0) is 36.2 Å². The van der Waals surface area contributed by atoms with Crippen LogP contribution in [0, 0.1) is 6.92 Å². The predicted molar refractivity (Wildman–Crippen MR) is 81.8 cm³/mol. The summed E-state index contributed by atoms with van der Waals surface area (Å²) in [6, 6.07) is 17.1. The van der Waals surface area contributed by atoms with Gasteiger partial charge in [-0.1, -0.05) is 48.0 Å². The van der Waals surface area contributed by atoms with Crippen LogP contribution in [-0.2, 0) is 0 Å². The van der Waals surface area contributed by atoms with Gasteiger partial charge in [-0.15, -0.1) is 0 Å². The lowest BCUT2D eigenvalue weighted by Crippen LogP contribution is -2.10. The lowest BCUT2D eigenvalue weighted by atomic mass is 10.2. The van der Waals surface area contributed by atoms with Crippen LogP contribution in [0.3, 0.4) is 0 Å². The number of nitrogens with zero attached hydrogens (tertiary/aromatic N) is 1. The van der Waals surface area contributed by atoms with Crippen LogP contribution in [0.4, 0.5) is 0 Å². The largest absolute Gasteiger partial charge is 0.502 e. The van der Waals surface area contributed by atoms with Crippen molar-refractivity contribution in [1.29, 1.82) is 0 Å². The van der Waals surface area contributed by atoms with E-state index >= 15 is 0 Å². The number of aromatic nitrogens is 1. The Morgan fingerprint density at radius 3 is 2.30 bits per heavy atom. The fraction of sp³-hybridized carbons (Fsp3) is 0.0625. The molecule has 0 bridgehead atoms. The van der Waals surface area contributed by atoms with Crippen LogP contribution < -0.4 is 5.56 Å². The minimum Gasteiger partial charge on any atom is -0.502 e. The van der Waals surface area contributed by atoms with E-state index in [1.807, 2.05) is 61.5 Å². The Hall–Kier alpha value is -2.33. The average molecular weight is 283 g/mol. The first-order chi connectivity index (χ1) is 9.66. The number of hydrogen-bond acceptors (Lipinski definition) is 3. The molecule has 0 amide bonds. The first kappa shape index (κ1) is 12.7. The summed E-state index contributed by atoms with van der Waals surface area (Å²) in [5, 5.41) is 10.1. The molecule has 0 spiro atoms. The van der Waals surface area contributed by atoms with Crippen LogP contribution in [0.25, 0.3) is 16.1 Å². The molecule has 0 saturated carbocycles. The SMILES string of the molecule is Cc1ccc(-n2sc(-c3ccccc3)c(O)c2=O)cc1. The van der Waals surface area contributed by atoms with Crippen LogP contribution >= 0.6 is 11.5 Å². The Kier molecular flexibility index (Phi) is 3.16. The molecule has 0 aliphatic rings. The van der Waals surface area contributed by atoms with Gasteiger partial charge in [-0.2, -0.15) is 0 Å². The Morgan fingerprint density at radius 1 is 1.00 bits per heavy atom. The molecule has 0 aliphatic carbocycles. The third-order valence-corrected chi connectivity index (χ3v) is 4.26. The molecule has 100 valence electrons. The van der Waals surface area contributed by atoms with Crippen LogP contribution in [0.2, 0.25) is 0 Å². The lowest BCUT2D eigenvalue weighted by Gasteiger charge is -2.00. The van der Waals surface area contributed by atoms with Gasteiger partial charge < -0.3 is 5.11 Å². The molecule has 0 saturated heterocycles. The molecule has 3 aromatic rings. The van der Waals surface area contributed by atoms with Gasteiger partial charge in [0.15, 0.2) is 0 Å². The Morgan fingerprint density at radius 2 is 1.65 bits per heavy atom. The summed E-state index contributed by atoms with van der Waals surface area (Å²) in [5.41, 5.74) is 2.37. The lowest BCUT2D eigenvalue weighted by molar-refractivity contribution is 0.471. The van der Waals surface area contributed by atoms with Crippen molar-refractivity contribution in [3.05, 3.63) is 70.5 Å². The summed E-state index contributed by atoms with van der Waals surface area (Å²) >= 11 is 1.25. The summed E-state index contributed by atoms with van der Waals surface area (Å²) < 4.78 is 1.51. The van der Waals surface area contributed by atoms with Crippen molar-refractivity contribution in [3.63, 3.8) is 0 Å². The second-order valence-electron chi connectivity index (χ2n) is 4.57. The van der Waals surface area contributed by atoms with E-state index < -0.39 is 0 Å². The van der Waals surface area contributed by atoms with E-state index in [9.17, 15) is 9.90 Å². The van der Waals surface area contributed by atoms with E-state index in [1.54, 1.807) is 0 Å². The van der Waals surface area contributed by atoms with E-state index in [-0.39, 0.29) is 11.3 Å². The van der Waals surface area contributed by atoms with Crippen LogP contribution in [0.15, 0.2) is 59.4 Å². The number of hydrogen-bond donors (Lipinski definition) is 1. The van der Waals surface area contributed by atoms with Gasteiger partial charge in [0, 0.05) is 0 Å². The number of aromatic hydroxyl groups is 1. The highest BCUT2D eigenvalue weighted by Crippen LogP contribution is 2.32. The summed E-state index contributed by atoms with van der Waals surface area (Å²) in [5.74, 6) is -0.193. The highest BCUT2D eigenvalue weighted by Gasteiger charge is 2.16. The molecule has 0 aliphatic heterocycles. The molecule has 0 unspecified atom stereocenters. The first-order valence-electron chi connectivity index (χ1n) is 6.24. The first-order valence-corrected chi connectivity index (χ1v) is 7.02. The maximum absolute atomic E-state index is 12.2. The van der Waals surface area contributed by atoms with E-state index in [4.69, 9.17) is 0 Å². The second-order valence-corrected chi connectivity index (χ2v) is 5.53. The normalized spacial score (nSPS) is 10.7. The van der Waals surface area contributed by atoms with Gasteiger partial charge in [0.05, 0.1) is 10.6 Å². The molecule has 0 radical (unpaired) electrons. The monoisotopic (exact) mass is 283 g/mol. The van der Waals surface area contributed by atoms with E-state index in [1.165, 1.54) is 15.5 Å². The number of rotatable bonds is 2. The third-order valence-electron chi connectivity index (χ3n) is 3.09. The van der Waals surface area contributed by atoms with Gasteiger partial charge in [0.2, 0.25) is 5.75 Å². The summed E-state index contributed by atoms with van der Waals surface area (Å²) in [6.07, 6.45) is 0. The van der Waals surface area contributed by atoms with Crippen LogP contribution in [-0.4, -0.2) is 9.06 Å². The minimum atomic E-state index is -0.377. The fourth-order valence-corrected chi connectivity index (χ4v) is 2.99. The van der Waals surface area contributed by atoms with Crippen LogP contribution in [0.1, 0.15) is 5.56 Å². The molecule has 1 aromatic heterocycles. The molecule has 0 atom stereocenters. The van der Waals surface area contributed by atoms with Crippen molar-refractivity contribution >= 4 is 11.5 Å². The van der Waals surface area contributed by atoms with Crippen molar-refractivity contribution in [2.45, 2.75) is 6.92 Å². The topological polar surface area (TPSA) is 42.2 Å². The van der Waals surface area contributed by atoms with E-state index in [0.717, 1.165) is 16.8 Å². The Bertz CT molecular complexity index is 786. The highest BCUT2D eigenvalue weighted by molar-refractivity contribution is 7.11. The van der Waals surface area contributed by atoms with Gasteiger partial charge in [-0.25, -0.2) is 3.96 Å². The van der Waals surface area contributed by atoms with E-state index in [2.05, 4.69) is 0 Å². The number of benzene rings is 2. The molecule has 3 nitrogen and oxygen atoms in total. The van der Waals surface area contributed by atoms with Crippen molar-refractivity contribution in [1.82, 2.24) is 3.96 Å². The maximum Gasteiger partial charge on any atom is 0.308 e. The summed E-state index contributed by atoms with van der Waals surface area (Å²) in [7, 11) is 0. The van der Waals surface area contributed by atoms with Gasteiger partial charge in [0.25, 0.3) is 0 Å². The van der Waals surface area contributed by atoms with Crippen molar-refractivity contribution in [3.8, 4) is 21.9 Å².